The quantitative estimate of drug-likeness (QED) is 0.319. The first-order chi connectivity index (χ1) is 18.1. The number of hydrogen-bond acceptors (Lipinski definition) is 2. The first kappa shape index (κ1) is 21.8. The largest absolute Gasteiger partial charge is 0.339 e. The smallest absolute Gasteiger partial charge is 0.133 e. The Labute approximate surface area is 218 Å². The van der Waals surface area contributed by atoms with Gasteiger partial charge in [0.1, 0.15) is 5.84 Å². The summed E-state index contributed by atoms with van der Waals surface area (Å²) < 4.78 is 0. The third-order valence-corrected chi connectivity index (χ3v) is 7.94. The first-order valence-electron chi connectivity index (χ1n) is 12.9. The van der Waals surface area contributed by atoms with Crippen molar-refractivity contribution < 1.29 is 0 Å². The Morgan fingerprint density at radius 2 is 1.32 bits per heavy atom. The Kier molecular flexibility index (Phi) is 4.90. The van der Waals surface area contributed by atoms with Crippen LogP contribution in [0.25, 0.3) is 28.0 Å². The average Bonchev–Trinajstić information content (AvgIpc) is 3.19. The Morgan fingerprint density at radius 1 is 0.649 bits per heavy atom. The highest BCUT2D eigenvalue weighted by Gasteiger charge is 2.36. The van der Waals surface area contributed by atoms with Crippen LogP contribution in [0, 0.1) is 0 Å². The van der Waals surface area contributed by atoms with Gasteiger partial charge in [-0.15, -0.1) is 0 Å². The number of amidine groups is 1. The molecule has 178 valence electrons. The Morgan fingerprint density at radius 3 is 2.16 bits per heavy atom. The van der Waals surface area contributed by atoms with Crippen LogP contribution >= 0.6 is 0 Å². The molecule has 1 unspecified atom stereocenters. The summed E-state index contributed by atoms with van der Waals surface area (Å²) in [5, 5.41) is 3.73. The predicted octanol–water partition coefficient (Wildman–Crippen LogP) is 7.92. The summed E-state index contributed by atoms with van der Waals surface area (Å²) in [5.41, 5.74) is 12.5. The van der Waals surface area contributed by atoms with Crippen molar-refractivity contribution >= 4 is 11.5 Å². The molecule has 0 aromatic heterocycles. The van der Waals surface area contributed by atoms with E-state index in [-0.39, 0.29) is 11.5 Å². The molecule has 1 N–H and O–H groups in total. The van der Waals surface area contributed by atoms with Gasteiger partial charge in [0.2, 0.25) is 0 Å². The fraction of sp³-hybridized carbons (Fsp3) is 0.114. The molecule has 37 heavy (non-hydrogen) atoms. The number of rotatable bonds is 3. The highest BCUT2D eigenvalue weighted by Crippen LogP contribution is 2.49. The van der Waals surface area contributed by atoms with E-state index in [0.717, 1.165) is 17.1 Å². The van der Waals surface area contributed by atoms with Crippen LogP contribution in [0.2, 0.25) is 0 Å². The highest BCUT2D eigenvalue weighted by atomic mass is 15.0. The van der Waals surface area contributed by atoms with E-state index in [9.17, 15) is 0 Å². The maximum Gasteiger partial charge on any atom is 0.133 e. The molecule has 2 aliphatic carbocycles. The summed E-state index contributed by atoms with van der Waals surface area (Å²) >= 11 is 0. The second kappa shape index (κ2) is 8.31. The predicted molar refractivity (Wildman–Crippen MR) is 155 cm³/mol. The minimum atomic E-state index is -0.0340. The van der Waals surface area contributed by atoms with E-state index in [0.29, 0.717) is 0 Å². The molecule has 0 bridgehead atoms. The van der Waals surface area contributed by atoms with Crippen LogP contribution in [0.15, 0.2) is 132 Å². The molecule has 4 aromatic rings. The fourth-order valence-electron chi connectivity index (χ4n) is 5.93. The van der Waals surface area contributed by atoms with Crippen LogP contribution in [-0.4, -0.2) is 11.9 Å². The van der Waals surface area contributed by atoms with Crippen molar-refractivity contribution in [1.29, 1.82) is 0 Å². The SMILES string of the molecule is CC1(C)c2ccccc2-c2ccc(C3=C4C=CC=CC4N=C(c4ccc(-c5ccccc5)cc4)N3)cc21. The van der Waals surface area contributed by atoms with Crippen LogP contribution in [0.5, 0.6) is 0 Å². The van der Waals surface area contributed by atoms with Crippen molar-refractivity contribution in [3.8, 4) is 22.3 Å². The molecule has 0 radical (unpaired) electrons. The number of allylic oxidation sites excluding steroid dienone is 2. The molecule has 1 aliphatic heterocycles. The Hall–Kier alpha value is -4.43. The van der Waals surface area contributed by atoms with E-state index in [1.54, 1.807) is 0 Å². The molecule has 0 spiro atoms. The number of aliphatic imine (C=N–C) groups is 1. The van der Waals surface area contributed by atoms with Gasteiger partial charge in [-0.2, -0.15) is 0 Å². The summed E-state index contributed by atoms with van der Waals surface area (Å²) in [7, 11) is 0. The zero-order valence-corrected chi connectivity index (χ0v) is 21.1. The number of hydrogen-bond donors (Lipinski definition) is 1. The minimum Gasteiger partial charge on any atom is -0.339 e. The molecule has 0 amide bonds. The standard InChI is InChI=1S/C35H28N2/c1-35(2)30-14-8-6-12-27(30)28-21-20-26(22-31(28)35)33-29-13-7-9-15-32(29)36-34(37-33)25-18-16-24(17-19-25)23-10-4-3-5-11-23/h3-22,32H,1-2H3,(H,36,37). The molecule has 2 heteroatoms. The Balaban J connectivity index is 1.28. The van der Waals surface area contributed by atoms with Gasteiger partial charge in [0.05, 0.1) is 11.7 Å². The molecule has 7 rings (SSSR count). The molecule has 3 aliphatic rings. The topological polar surface area (TPSA) is 24.4 Å². The number of nitrogens with one attached hydrogen (secondary N) is 1. The summed E-state index contributed by atoms with van der Waals surface area (Å²) in [6, 6.07) is 34.9. The van der Waals surface area contributed by atoms with Crippen molar-refractivity contribution in [2.45, 2.75) is 25.3 Å². The normalized spacial score (nSPS) is 18.5. The molecule has 0 fully saturated rings. The van der Waals surface area contributed by atoms with Gasteiger partial charge in [0.15, 0.2) is 0 Å². The third-order valence-electron chi connectivity index (χ3n) is 7.94. The lowest BCUT2D eigenvalue weighted by Crippen LogP contribution is -2.32. The van der Waals surface area contributed by atoms with Gasteiger partial charge in [0.25, 0.3) is 0 Å². The van der Waals surface area contributed by atoms with E-state index >= 15 is 0 Å². The lowest BCUT2D eigenvalue weighted by Gasteiger charge is -2.28. The summed E-state index contributed by atoms with van der Waals surface area (Å²) in [4.78, 5) is 5.10. The number of benzene rings is 4. The maximum absolute atomic E-state index is 5.10. The third kappa shape index (κ3) is 3.52. The molecule has 0 saturated heterocycles. The zero-order chi connectivity index (χ0) is 25.0. The van der Waals surface area contributed by atoms with E-state index in [4.69, 9.17) is 4.99 Å². The molecular weight excluding hydrogens is 448 g/mol. The lowest BCUT2D eigenvalue weighted by atomic mass is 9.81. The maximum atomic E-state index is 5.10. The van der Waals surface area contributed by atoms with Crippen LogP contribution in [0.4, 0.5) is 0 Å². The first-order valence-corrected chi connectivity index (χ1v) is 12.9. The Bertz CT molecular complexity index is 1650. The molecule has 4 aromatic carbocycles. The van der Waals surface area contributed by atoms with Gasteiger partial charge in [0, 0.05) is 16.6 Å². The molecule has 1 heterocycles. The van der Waals surface area contributed by atoms with Crippen molar-refractivity contribution in [1.82, 2.24) is 5.32 Å². The number of nitrogens with zero attached hydrogens (tertiary/aromatic N) is 1. The second-order valence-electron chi connectivity index (χ2n) is 10.5. The highest BCUT2D eigenvalue weighted by molar-refractivity contribution is 6.06. The van der Waals surface area contributed by atoms with E-state index in [2.05, 4.69) is 141 Å². The van der Waals surface area contributed by atoms with Gasteiger partial charge in [-0.1, -0.05) is 129 Å². The van der Waals surface area contributed by atoms with Gasteiger partial charge in [-0.3, -0.25) is 4.99 Å². The summed E-state index contributed by atoms with van der Waals surface area (Å²) in [5.74, 6) is 0.909. The van der Waals surface area contributed by atoms with Crippen molar-refractivity contribution in [3.05, 3.63) is 149 Å². The van der Waals surface area contributed by atoms with Gasteiger partial charge >= 0.3 is 0 Å². The van der Waals surface area contributed by atoms with Crippen LogP contribution in [-0.2, 0) is 5.41 Å². The zero-order valence-electron chi connectivity index (χ0n) is 21.1. The van der Waals surface area contributed by atoms with Crippen LogP contribution in [0.3, 0.4) is 0 Å². The van der Waals surface area contributed by atoms with Crippen molar-refractivity contribution in [2.24, 2.45) is 4.99 Å². The molecule has 2 nitrogen and oxygen atoms in total. The summed E-state index contributed by atoms with van der Waals surface area (Å²) in [6.07, 6.45) is 8.58. The van der Waals surface area contributed by atoms with E-state index in [1.165, 1.54) is 44.5 Å². The van der Waals surface area contributed by atoms with Crippen molar-refractivity contribution in [2.75, 3.05) is 0 Å². The van der Waals surface area contributed by atoms with Crippen LogP contribution < -0.4 is 5.32 Å². The fourth-order valence-corrected chi connectivity index (χ4v) is 5.93. The monoisotopic (exact) mass is 476 g/mol. The van der Waals surface area contributed by atoms with Gasteiger partial charge in [-0.25, -0.2) is 0 Å². The minimum absolute atomic E-state index is 0.00325. The summed E-state index contributed by atoms with van der Waals surface area (Å²) in [6.45, 7) is 4.67. The van der Waals surface area contributed by atoms with Gasteiger partial charge < -0.3 is 5.32 Å². The molecule has 1 atom stereocenters. The molecule has 0 saturated carbocycles. The van der Waals surface area contributed by atoms with Crippen molar-refractivity contribution in [3.63, 3.8) is 0 Å². The molecular formula is C35H28N2. The second-order valence-corrected chi connectivity index (χ2v) is 10.5. The van der Waals surface area contributed by atoms with E-state index in [1.807, 2.05) is 0 Å². The lowest BCUT2D eigenvalue weighted by molar-refractivity contribution is 0.660. The average molecular weight is 477 g/mol. The number of fused-ring (bicyclic) bond motifs is 4. The van der Waals surface area contributed by atoms with E-state index < -0.39 is 0 Å². The van der Waals surface area contributed by atoms with Gasteiger partial charge in [-0.05, 0) is 45.0 Å². The van der Waals surface area contributed by atoms with Crippen LogP contribution in [0.1, 0.15) is 36.1 Å².